The van der Waals surface area contributed by atoms with Crippen LogP contribution in [0.2, 0.25) is 0 Å². The van der Waals surface area contributed by atoms with Crippen molar-refractivity contribution in [3.63, 3.8) is 0 Å². The number of phenolic OH excluding ortho intramolecular Hbond substituents is 2. The molecule has 0 amide bonds. The number of rotatable bonds is 5. The summed E-state index contributed by atoms with van der Waals surface area (Å²) in [6, 6.07) is 13.9. The van der Waals surface area contributed by atoms with E-state index in [4.69, 9.17) is 0 Å². The molecule has 4 nitrogen and oxygen atoms in total. The third kappa shape index (κ3) is 3.59. The van der Waals surface area contributed by atoms with Crippen molar-refractivity contribution < 1.29 is 15.0 Å². The molecule has 0 aliphatic heterocycles. The highest BCUT2D eigenvalue weighted by atomic mass is 16.3. The van der Waals surface area contributed by atoms with Crippen LogP contribution in [0.25, 0.3) is 0 Å². The number of ketones is 1. The molecule has 2 rings (SSSR count). The zero-order valence-electron chi connectivity index (χ0n) is 11.3. The summed E-state index contributed by atoms with van der Waals surface area (Å²) in [5.41, 5.74) is 1.35. The van der Waals surface area contributed by atoms with Gasteiger partial charge in [-0.25, -0.2) is 0 Å². The van der Waals surface area contributed by atoms with Crippen LogP contribution >= 0.6 is 0 Å². The number of hydrogen-bond acceptors (Lipinski definition) is 4. The standard InChI is InChI=1S/C16H17NO3/c1-17(10-12-5-3-2-4-6-12)11-16(20)14-8-7-13(18)9-15(14)19/h2-9,18-19H,10-11H2,1H3. The third-order valence-corrected chi connectivity index (χ3v) is 2.99. The van der Waals surface area contributed by atoms with Gasteiger partial charge >= 0.3 is 0 Å². The van der Waals surface area contributed by atoms with Gasteiger partial charge in [0, 0.05) is 12.6 Å². The first-order valence-electron chi connectivity index (χ1n) is 6.34. The van der Waals surface area contributed by atoms with Gasteiger partial charge < -0.3 is 10.2 Å². The second kappa shape index (κ2) is 6.21. The molecule has 0 bridgehead atoms. The molecule has 2 N–H and O–H groups in total. The molecule has 4 heteroatoms. The molecule has 0 saturated heterocycles. The third-order valence-electron chi connectivity index (χ3n) is 2.99. The Morgan fingerprint density at radius 2 is 1.80 bits per heavy atom. The number of carbonyl (C=O) groups excluding carboxylic acids is 1. The van der Waals surface area contributed by atoms with E-state index in [1.807, 2.05) is 42.3 Å². The summed E-state index contributed by atoms with van der Waals surface area (Å²) < 4.78 is 0. The highest BCUT2D eigenvalue weighted by molar-refractivity contribution is 6.00. The fraction of sp³-hybridized carbons (Fsp3) is 0.188. The number of hydrogen-bond donors (Lipinski definition) is 2. The number of aromatic hydroxyl groups is 2. The molecular formula is C16H17NO3. The predicted octanol–water partition coefficient (Wildman–Crippen LogP) is 2.41. The van der Waals surface area contributed by atoms with Crippen molar-refractivity contribution in [2.75, 3.05) is 13.6 Å². The zero-order valence-corrected chi connectivity index (χ0v) is 11.3. The lowest BCUT2D eigenvalue weighted by atomic mass is 10.1. The molecule has 104 valence electrons. The molecule has 0 spiro atoms. The minimum atomic E-state index is -0.192. The molecule has 0 radical (unpaired) electrons. The van der Waals surface area contributed by atoms with Gasteiger partial charge in [0.2, 0.25) is 0 Å². The first kappa shape index (κ1) is 14.1. The maximum absolute atomic E-state index is 12.1. The van der Waals surface area contributed by atoms with Crippen LogP contribution in [0.1, 0.15) is 15.9 Å². The average Bonchev–Trinajstić information content (AvgIpc) is 2.39. The van der Waals surface area contributed by atoms with Crippen molar-refractivity contribution in [3.05, 3.63) is 59.7 Å². The number of phenols is 2. The van der Waals surface area contributed by atoms with Crippen LogP contribution in [0.3, 0.4) is 0 Å². The van der Waals surface area contributed by atoms with Gasteiger partial charge in [-0.15, -0.1) is 0 Å². The molecule has 0 unspecified atom stereocenters. The number of likely N-dealkylation sites (N-methyl/N-ethyl adjacent to an activating group) is 1. The summed E-state index contributed by atoms with van der Waals surface area (Å²) >= 11 is 0. The lowest BCUT2D eigenvalue weighted by Gasteiger charge is -2.16. The Morgan fingerprint density at radius 1 is 1.10 bits per heavy atom. The predicted molar refractivity (Wildman–Crippen MR) is 76.9 cm³/mol. The Balaban J connectivity index is 2.00. The van der Waals surface area contributed by atoms with Crippen LogP contribution in [0.15, 0.2) is 48.5 Å². The molecule has 0 aliphatic carbocycles. The topological polar surface area (TPSA) is 60.8 Å². The Bertz CT molecular complexity index is 596. The number of benzene rings is 2. The van der Waals surface area contributed by atoms with Crippen LogP contribution in [-0.2, 0) is 6.54 Å². The maximum Gasteiger partial charge on any atom is 0.180 e. The van der Waals surface area contributed by atoms with Crippen LogP contribution in [0, 0.1) is 0 Å². The van der Waals surface area contributed by atoms with Gasteiger partial charge in [0.1, 0.15) is 11.5 Å². The zero-order chi connectivity index (χ0) is 14.5. The van der Waals surface area contributed by atoms with Gasteiger partial charge in [0.25, 0.3) is 0 Å². The van der Waals surface area contributed by atoms with Gasteiger partial charge in [-0.2, -0.15) is 0 Å². The Morgan fingerprint density at radius 3 is 2.45 bits per heavy atom. The van der Waals surface area contributed by atoms with E-state index < -0.39 is 0 Å². The Kier molecular flexibility index (Phi) is 4.38. The SMILES string of the molecule is CN(CC(=O)c1ccc(O)cc1O)Cc1ccccc1. The van der Waals surface area contributed by atoms with E-state index in [0.717, 1.165) is 5.56 Å². The molecule has 0 aromatic heterocycles. The smallest absolute Gasteiger partial charge is 0.180 e. The van der Waals surface area contributed by atoms with E-state index in [1.54, 1.807) is 0 Å². The van der Waals surface area contributed by atoms with Crippen molar-refractivity contribution in [3.8, 4) is 11.5 Å². The number of Topliss-reactive ketones (excluding diaryl/α,β-unsaturated/α-hetero) is 1. The summed E-state index contributed by atoms with van der Waals surface area (Å²) in [5.74, 6) is -0.430. The largest absolute Gasteiger partial charge is 0.508 e. The normalized spacial score (nSPS) is 10.7. The molecule has 2 aromatic rings. The van der Waals surface area contributed by atoms with Crippen LogP contribution in [-0.4, -0.2) is 34.5 Å². The highest BCUT2D eigenvalue weighted by Crippen LogP contribution is 2.23. The minimum Gasteiger partial charge on any atom is -0.508 e. The van der Waals surface area contributed by atoms with E-state index in [2.05, 4.69) is 0 Å². The van der Waals surface area contributed by atoms with Crippen molar-refractivity contribution in [1.29, 1.82) is 0 Å². The monoisotopic (exact) mass is 271 g/mol. The average molecular weight is 271 g/mol. The summed E-state index contributed by atoms with van der Waals surface area (Å²) in [6.07, 6.45) is 0. The van der Waals surface area contributed by atoms with Crippen LogP contribution in [0.4, 0.5) is 0 Å². The molecule has 0 heterocycles. The lowest BCUT2D eigenvalue weighted by molar-refractivity contribution is 0.0940. The van der Waals surface area contributed by atoms with E-state index in [1.165, 1.54) is 18.2 Å². The quantitative estimate of drug-likeness (QED) is 0.820. The molecule has 0 saturated carbocycles. The van der Waals surface area contributed by atoms with E-state index in [9.17, 15) is 15.0 Å². The van der Waals surface area contributed by atoms with Gasteiger partial charge in [-0.05, 0) is 24.7 Å². The second-order valence-electron chi connectivity index (χ2n) is 4.78. The van der Waals surface area contributed by atoms with Crippen LogP contribution in [0.5, 0.6) is 11.5 Å². The Hall–Kier alpha value is -2.33. The summed E-state index contributed by atoms with van der Waals surface area (Å²) in [6.45, 7) is 0.860. The van der Waals surface area contributed by atoms with Crippen molar-refractivity contribution in [1.82, 2.24) is 4.90 Å². The Labute approximate surface area is 117 Å². The van der Waals surface area contributed by atoms with E-state index in [0.29, 0.717) is 6.54 Å². The number of carbonyl (C=O) groups is 1. The van der Waals surface area contributed by atoms with Gasteiger partial charge in [-0.3, -0.25) is 9.69 Å². The highest BCUT2D eigenvalue weighted by Gasteiger charge is 2.14. The van der Waals surface area contributed by atoms with Crippen LogP contribution < -0.4 is 0 Å². The maximum atomic E-state index is 12.1. The second-order valence-corrected chi connectivity index (χ2v) is 4.78. The summed E-state index contributed by atoms with van der Waals surface area (Å²) in [5, 5.41) is 18.9. The summed E-state index contributed by atoms with van der Waals surface area (Å²) in [4.78, 5) is 14.0. The molecule has 0 atom stereocenters. The van der Waals surface area contributed by atoms with Gasteiger partial charge in [0.15, 0.2) is 5.78 Å². The van der Waals surface area contributed by atoms with Crippen molar-refractivity contribution in [2.24, 2.45) is 0 Å². The van der Waals surface area contributed by atoms with Crippen molar-refractivity contribution in [2.45, 2.75) is 6.54 Å². The van der Waals surface area contributed by atoms with E-state index >= 15 is 0 Å². The molecule has 0 aliphatic rings. The number of nitrogens with zero attached hydrogens (tertiary/aromatic N) is 1. The van der Waals surface area contributed by atoms with Gasteiger partial charge in [0.05, 0.1) is 12.1 Å². The van der Waals surface area contributed by atoms with Gasteiger partial charge in [-0.1, -0.05) is 30.3 Å². The first-order chi connectivity index (χ1) is 9.56. The fourth-order valence-electron chi connectivity index (χ4n) is 2.04. The fourth-order valence-corrected chi connectivity index (χ4v) is 2.04. The van der Waals surface area contributed by atoms with E-state index in [-0.39, 0.29) is 29.4 Å². The molecular weight excluding hydrogens is 254 g/mol. The molecule has 2 aromatic carbocycles. The molecule has 0 fully saturated rings. The minimum absolute atomic E-state index is 0.0586. The summed E-state index contributed by atoms with van der Waals surface area (Å²) in [7, 11) is 1.85. The molecule has 20 heavy (non-hydrogen) atoms. The van der Waals surface area contributed by atoms with Crippen molar-refractivity contribution >= 4 is 5.78 Å². The lowest BCUT2D eigenvalue weighted by Crippen LogP contribution is -2.25. The first-order valence-corrected chi connectivity index (χ1v) is 6.34.